The Balaban J connectivity index is 1.46. The molecular weight excluding hydrogens is 488 g/mol. The van der Waals surface area contributed by atoms with Crippen molar-refractivity contribution in [3.8, 4) is 23.0 Å². The molecule has 4 atom stereocenters. The fourth-order valence-electron chi connectivity index (χ4n) is 4.14. The van der Waals surface area contributed by atoms with Crippen LogP contribution in [0.15, 0.2) is 48.6 Å². The van der Waals surface area contributed by atoms with Crippen molar-refractivity contribution in [3.05, 3.63) is 59.7 Å². The molecule has 1 aliphatic carbocycles. The number of hydrogen-bond acceptors (Lipinski definition) is 11. The summed E-state index contributed by atoms with van der Waals surface area (Å²) >= 11 is 0. The summed E-state index contributed by atoms with van der Waals surface area (Å²) in [4.78, 5) is 37.2. The SMILES string of the molecule is COc1cc(/C=C/C(=O)O[C@@H]2C(OC(=O)/C=C/c3ccc(O)c(O)c3)C[C@]3(O)CC2OC3=O)ccc1O. The fraction of sp³-hybridized carbons (Fsp3) is 0.269. The van der Waals surface area contributed by atoms with Gasteiger partial charge in [-0.1, -0.05) is 12.1 Å². The van der Waals surface area contributed by atoms with Gasteiger partial charge >= 0.3 is 17.9 Å². The molecule has 0 radical (unpaired) electrons. The topological polar surface area (TPSA) is 169 Å². The second kappa shape index (κ2) is 10.2. The number of esters is 3. The van der Waals surface area contributed by atoms with Crippen LogP contribution >= 0.6 is 0 Å². The highest BCUT2D eigenvalue weighted by Crippen LogP contribution is 2.41. The van der Waals surface area contributed by atoms with Crippen LogP contribution in [0, 0.1) is 0 Å². The Morgan fingerprint density at radius 3 is 2.19 bits per heavy atom. The molecule has 2 unspecified atom stereocenters. The fourth-order valence-corrected chi connectivity index (χ4v) is 4.14. The normalized spacial score (nSPS) is 24.7. The Labute approximate surface area is 210 Å². The van der Waals surface area contributed by atoms with E-state index in [0.717, 1.165) is 12.2 Å². The highest BCUT2D eigenvalue weighted by atomic mass is 16.6. The van der Waals surface area contributed by atoms with Crippen LogP contribution < -0.4 is 4.74 Å². The number of methoxy groups -OCH3 is 1. The number of phenols is 3. The summed E-state index contributed by atoms with van der Waals surface area (Å²) in [7, 11) is 1.38. The van der Waals surface area contributed by atoms with Crippen molar-refractivity contribution in [2.24, 2.45) is 0 Å². The number of benzene rings is 2. The third-order valence-electron chi connectivity index (χ3n) is 6.00. The summed E-state index contributed by atoms with van der Waals surface area (Å²) in [6.07, 6.45) is 1.06. The number of rotatable bonds is 7. The zero-order chi connectivity index (χ0) is 26.7. The van der Waals surface area contributed by atoms with E-state index >= 15 is 0 Å². The van der Waals surface area contributed by atoms with Crippen LogP contribution in [0.4, 0.5) is 0 Å². The number of phenolic OH excluding ortho intramolecular Hbond substituents is 3. The Hall–Kier alpha value is -4.51. The van der Waals surface area contributed by atoms with Crippen molar-refractivity contribution in [2.45, 2.75) is 36.8 Å². The first-order chi connectivity index (χ1) is 17.6. The molecule has 0 spiro atoms. The number of aliphatic hydroxyl groups is 1. The molecule has 194 valence electrons. The van der Waals surface area contributed by atoms with E-state index in [4.69, 9.17) is 18.9 Å². The predicted octanol–water partition coefficient (Wildman–Crippen LogP) is 1.81. The molecule has 2 fully saturated rings. The van der Waals surface area contributed by atoms with Crippen molar-refractivity contribution in [1.29, 1.82) is 0 Å². The van der Waals surface area contributed by atoms with Crippen LogP contribution in [0.3, 0.4) is 0 Å². The standard InChI is InChI=1S/C26H24O11/c1-34-19-11-15(3-7-17(19)28)5-9-23(31)37-24-20(12-26(33)13-21(24)36-25(26)32)35-22(30)8-4-14-2-6-16(27)18(29)10-14/h2-11,20-21,24,27-29,33H,12-13H2,1H3/b8-4+,9-5+/t20?,21?,24-,26+/m1/s1. The third kappa shape index (κ3) is 5.67. The van der Waals surface area contributed by atoms with Gasteiger partial charge in [0, 0.05) is 25.0 Å². The van der Waals surface area contributed by atoms with Crippen molar-refractivity contribution < 1.29 is 53.8 Å². The van der Waals surface area contributed by atoms with Crippen molar-refractivity contribution in [2.75, 3.05) is 7.11 Å². The first-order valence-electron chi connectivity index (χ1n) is 11.2. The quantitative estimate of drug-likeness (QED) is 0.185. The van der Waals surface area contributed by atoms with Crippen molar-refractivity contribution in [3.63, 3.8) is 0 Å². The average Bonchev–Trinajstić information content (AvgIpc) is 3.11. The molecule has 0 amide bonds. The first kappa shape index (κ1) is 25.6. The minimum Gasteiger partial charge on any atom is -0.504 e. The molecular formula is C26H24O11. The van der Waals surface area contributed by atoms with Gasteiger partial charge in [-0.3, -0.25) is 0 Å². The van der Waals surface area contributed by atoms with Gasteiger partial charge in [-0.2, -0.15) is 0 Å². The minimum absolute atomic E-state index is 0.0686. The molecule has 0 aromatic heterocycles. The van der Waals surface area contributed by atoms with Crippen LogP contribution in [-0.2, 0) is 28.6 Å². The van der Waals surface area contributed by atoms with Gasteiger partial charge in [0.05, 0.1) is 7.11 Å². The summed E-state index contributed by atoms with van der Waals surface area (Å²) in [6.45, 7) is 0. The van der Waals surface area contributed by atoms with Gasteiger partial charge in [-0.15, -0.1) is 0 Å². The maximum atomic E-state index is 12.6. The summed E-state index contributed by atoms with van der Waals surface area (Å²) in [5.41, 5.74) is -0.943. The van der Waals surface area contributed by atoms with Gasteiger partial charge < -0.3 is 39.4 Å². The molecule has 1 saturated heterocycles. The summed E-state index contributed by atoms with van der Waals surface area (Å²) in [5.74, 6) is -3.12. The minimum atomic E-state index is -1.87. The lowest BCUT2D eigenvalue weighted by Crippen LogP contribution is -2.51. The van der Waals surface area contributed by atoms with Crippen LogP contribution in [0.1, 0.15) is 24.0 Å². The van der Waals surface area contributed by atoms with E-state index in [2.05, 4.69) is 0 Å². The number of hydrogen-bond donors (Lipinski definition) is 4. The van der Waals surface area contributed by atoms with Crippen LogP contribution in [0.5, 0.6) is 23.0 Å². The molecule has 2 bridgehead atoms. The van der Waals surface area contributed by atoms with E-state index in [1.54, 1.807) is 6.07 Å². The largest absolute Gasteiger partial charge is 0.504 e. The molecule has 1 saturated carbocycles. The molecule has 37 heavy (non-hydrogen) atoms. The van der Waals surface area contributed by atoms with Gasteiger partial charge in [0.1, 0.15) is 12.2 Å². The third-order valence-corrected chi connectivity index (χ3v) is 6.00. The zero-order valence-electron chi connectivity index (χ0n) is 19.6. The van der Waals surface area contributed by atoms with Crippen molar-refractivity contribution >= 4 is 30.1 Å². The molecule has 1 heterocycles. The maximum Gasteiger partial charge on any atom is 0.338 e. The smallest absolute Gasteiger partial charge is 0.338 e. The average molecular weight is 512 g/mol. The van der Waals surface area contributed by atoms with E-state index in [0.29, 0.717) is 11.1 Å². The molecule has 1 aliphatic heterocycles. The van der Waals surface area contributed by atoms with Crippen LogP contribution in [0.25, 0.3) is 12.2 Å². The molecule has 4 N–H and O–H groups in total. The highest BCUT2D eigenvalue weighted by Gasteiger charge is 2.60. The van der Waals surface area contributed by atoms with Gasteiger partial charge in [0.25, 0.3) is 0 Å². The molecule has 2 aliphatic rings. The second-order valence-corrected chi connectivity index (χ2v) is 8.61. The van der Waals surface area contributed by atoms with E-state index in [1.807, 2.05) is 0 Å². The molecule has 11 nitrogen and oxygen atoms in total. The predicted molar refractivity (Wildman–Crippen MR) is 126 cm³/mol. The number of carbonyl (C=O) groups is 3. The second-order valence-electron chi connectivity index (χ2n) is 8.61. The van der Waals surface area contributed by atoms with Gasteiger partial charge in [-0.05, 0) is 47.5 Å². The molecule has 4 rings (SSSR count). The van der Waals surface area contributed by atoms with E-state index in [1.165, 1.54) is 49.6 Å². The summed E-state index contributed by atoms with van der Waals surface area (Å²) < 4.78 is 21.1. The lowest BCUT2D eigenvalue weighted by atomic mass is 9.82. The number of aromatic hydroxyl groups is 3. The van der Waals surface area contributed by atoms with Gasteiger partial charge in [-0.25, -0.2) is 14.4 Å². The van der Waals surface area contributed by atoms with Crippen molar-refractivity contribution in [1.82, 2.24) is 0 Å². The number of carbonyl (C=O) groups excluding carboxylic acids is 3. The molecule has 2 aromatic rings. The van der Waals surface area contributed by atoms with Gasteiger partial charge in [0.15, 0.2) is 34.7 Å². The Kier molecular flexibility index (Phi) is 7.07. The van der Waals surface area contributed by atoms with E-state index in [-0.39, 0.29) is 35.8 Å². The lowest BCUT2D eigenvalue weighted by molar-refractivity contribution is -0.178. The van der Waals surface area contributed by atoms with E-state index in [9.17, 15) is 34.8 Å². The summed E-state index contributed by atoms with van der Waals surface area (Å²) in [6, 6.07) is 8.38. The van der Waals surface area contributed by atoms with Crippen LogP contribution in [-0.4, -0.2) is 69.4 Å². The van der Waals surface area contributed by atoms with Gasteiger partial charge in [0.2, 0.25) is 0 Å². The summed E-state index contributed by atoms with van der Waals surface area (Å²) in [5, 5.41) is 39.2. The zero-order valence-corrected chi connectivity index (χ0v) is 19.6. The number of ether oxygens (including phenoxy) is 4. The first-order valence-corrected chi connectivity index (χ1v) is 11.2. The maximum absolute atomic E-state index is 12.6. The van der Waals surface area contributed by atoms with E-state index < -0.39 is 41.8 Å². The van der Waals surface area contributed by atoms with Crippen LogP contribution in [0.2, 0.25) is 0 Å². The highest BCUT2D eigenvalue weighted by molar-refractivity contribution is 5.89. The molecule has 2 aromatic carbocycles. The Morgan fingerprint density at radius 2 is 1.54 bits per heavy atom. The Morgan fingerprint density at radius 1 is 0.919 bits per heavy atom. The Bertz CT molecular complexity index is 1280. The lowest BCUT2D eigenvalue weighted by Gasteiger charge is -2.35. The monoisotopic (exact) mass is 512 g/mol. The molecule has 11 heteroatoms. The number of fused-ring (bicyclic) bond motifs is 2.